The number of hydrogen-bond acceptors (Lipinski definition) is 6. The lowest BCUT2D eigenvalue weighted by atomic mass is 10.2. The van der Waals surface area contributed by atoms with Crippen LogP contribution in [-0.4, -0.2) is 48.8 Å². The maximum atomic E-state index is 12.8. The minimum Gasteiger partial charge on any atom is -0.452 e. The van der Waals surface area contributed by atoms with Crippen LogP contribution >= 0.6 is 11.8 Å². The number of rotatable bonds is 7. The van der Waals surface area contributed by atoms with Gasteiger partial charge in [-0.1, -0.05) is 43.2 Å². The molecule has 0 atom stereocenters. The van der Waals surface area contributed by atoms with Gasteiger partial charge in [-0.2, -0.15) is 0 Å². The minimum absolute atomic E-state index is 0.0363. The van der Waals surface area contributed by atoms with Crippen LogP contribution in [0.15, 0.2) is 53.4 Å². The molecule has 178 valence electrons. The predicted octanol–water partition coefficient (Wildman–Crippen LogP) is 3.29. The molecule has 1 aliphatic carbocycles. The molecule has 1 aliphatic heterocycles. The number of nitrogens with one attached hydrogen (secondary N) is 2. The molecule has 2 aromatic carbocycles. The Morgan fingerprint density at radius 1 is 1.00 bits per heavy atom. The molecule has 9 heteroatoms. The number of esters is 1. The molecule has 0 saturated heterocycles. The zero-order valence-electron chi connectivity index (χ0n) is 18.7. The second-order valence-corrected chi connectivity index (χ2v) is 9.31. The van der Waals surface area contributed by atoms with E-state index in [0.29, 0.717) is 11.4 Å². The van der Waals surface area contributed by atoms with Crippen molar-refractivity contribution in [3.8, 4) is 0 Å². The summed E-state index contributed by atoms with van der Waals surface area (Å²) >= 11 is 1.25. The van der Waals surface area contributed by atoms with Crippen molar-refractivity contribution in [3.05, 3.63) is 59.7 Å². The van der Waals surface area contributed by atoms with Crippen LogP contribution < -0.4 is 15.5 Å². The van der Waals surface area contributed by atoms with E-state index < -0.39 is 24.5 Å². The van der Waals surface area contributed by atoms with Gasteiger partial charge in [0.05, 0.1) is 11.3 Å². The normalized spacial score (nSPS) is 15.0. The first-order valence-corrected chi connectivity index (χ1v) is 12.4. The number of carbonyl (C=O) groups is 4. The lowest BCUT2D eigenvalue weighted by Gasteiger charge is -2.17. The third kappa shape index (κ3) is 5.96. The van der Waals surface area contributed by atoms with Crippen molar-refractivity contribution in [2.45, 2.75) is 43.0 Å². The summed E-state index contributed by atoms with van der Waals surface area (Å²) in [6.07, 6.45) is 4.75. The number of hydrogen-bond donors (Lipinski definition) is 2. The van der Waals surface area contributed by atoms with E-state index in [1.807, 2.05) is 24.3 Å². The lowest BCUT2D eigenvalue weighted by Crippen LogP contribution is -2.45. The first-order valence-electron chi connectivity index (χ1n) is 11.4. The van der Waals surface area contributed by atoms with Crippen molar-refractivity contribution in [2.75, 3.05) is 23.8 Å². The summed E-state index contributed by atoms with van der Waals surface area (Å²) in [5.41, 5.74) is 2.36. The number of fused-ring (bicyclic) bond motifs is 1. The van der Waals surface area contributed by atoms with E-state index in [2.05, 4.69) is 10.6 Å². The molecule has 1 fully saturated rings. The van der Waals surface area contributed by atoms with Crippen LogP contribution in [0.5, 0.6) is 0 Å². The summed E-state index contributed by atoms with van der Waals surface area (Å²) < 4.78 is 5.11. The molecule has 2 N–H and O–H groups in total. The Kier molecular flexibility index (Phi) is 7.84. The average molecular weight is 482 g/mol. The van der Waals surface area contributed by atoms with Crippen LogP contribution in [-0.2, 0) is 20.7 Å². The Labute approximate surface area is 202 Å². The number of carbonyl (C=O) groups excluding carboxylic acids is 4. The van der Waals surface area contributed by atoms with E-state index in [1.165, 1.54) is 11.8 Å². The number of amides is 4. The van der Waals surface area contributed by atoms with E-state index in [9.17, 15) is 19.2 Å². The quantitative estimate of drug-likeness (QED) is 0.465. The molecule has 34 heavy (non-hydrogen) atoms. The van der Waals surface area contributed by atoms with E-state index in [4.69, 9.17) is 4.74 Å². The van der Waals surface area contributed by atoms with Gasteiger partial charge in [-0.15, -0.1) is 11.8 Å². The van der Waals surface area contributed by atoms with Crippen LogP contribution in [0.3, 0.4) is 0 Å². The Bertz CT molecular complexity index is 1080. The summed E-state index contributed by atoms with van der Waals surface area (Å²) in [5, 5.41) is 4.93. The van der Waals surface area contributed by atoms with Gasteiger partial charge in [0.1, 0.15) is 0 Å². The fourth-order valence-electron chi connectivity index (χ4n) is 4.24. The summed E-state index contributed by atoms with van der Waals surface area (Å²) in [6, 6.07) is 14.1. The van der Waals surface area contributed by atoms with Gasteiger partial charge < -0.3 is 15.0 Å². The molecule has 4 rings (SSSR count). The molecule has 0 unspecified atom stereocenters. The van der Waals surface area contributed by atoms with Gasteiger partial charge in [-0.05, 0) is 43.0 Å². The molecule has 0 bridgehead atoms. The van der Waals surface area contributed by atoms with Gasteiger partial charge in [0, 0.05) is 23.2 Å². The Balaban J connectivity index is 1.27. The molecular weight excluding hydrogens is 454 g/mol. The second-order valence-electron chi connectivity index (χ2n) is 8.29. The number of para-hydroxylation sites is 1. The molecule has 1 saturated carbocycles. The zero-order chi connectivity index (χ0) is 23.9. The summed E-state index contributed by atoms with van der Waals surface area (Å²) in [6.45, 7) is 0.0747. The van der Waals surface area contributed by atoms with E-state index in [1.54, 1.807) is 29.2 Å². The number of nitrogens with zero attached hydrogens (tertiary/aromatic N) is 1. The van der Waals surface area contributed by atoms with Gasteiger partial charge in [0.25, 0.3) is 5.91 Å². The smallest absolute Gasteiger partial charge is 0.339 e. The highest BCUT2D eigenvalue weighted by molar-refractivity contribution is 8.00. The van der Waals surface area contributed by atoms with Crippen LogP contribution in [0.4, 0.5) is 10.5 Å². The Morgan fingerprint density at radius 2 is 1.74 bits per heavy atom. The highest BCUT2D eigenvalue weighted by Gasteiger charge is 2.25. The summed E-state index contributed by atoms with van der Waals surface area (Å²) in [5.74, 6) is -1.25. The lowest BCUT2D eigenvalue weighted by molar-refractivity contribution is -0.123. The number of thioether (sulfide) groups is 1. The van der Waals surface area contributed by atoms with E-state index in [-0.39, 0.29) is 23.3 Å². The first kappa shape index (κ1) is 23.8. The van der Waals surface area contributed by atoms with Crippen LogP contribution in [0.25, 0.3) is 0 Å². The molecule has 8 nitrogen and oxygen atoms in total. The topological polar surface area (TPSA) is 105 Å². The van der Waals surface area contributed by atoms with Crippen LogP contribution in [0, 0.1) is 0 Å². The minimum atomic E-state index is -0.697. The van der Waals surface area contributed by atoms with Crippen LogP contribution in [0.2, 0.25) is 0 Å². The SMILES string of the molecule is O=C(COC(=O)c1ccccc1SCC(=O)N1CCc2ccccc21)NC(=O)NC1CCCC1. The Morgan fingerprint density at radius 3 is 2.56 bits per heavy atom. The molecule has 0 aromatic heterocycles. The monoisotopic (exact) mass is 481 g/mol. The van der Waals surface area contributed by atoms with E-state index in [0.717, 1.165) is 43.4 Å². The van der Waals surface area contributed by atoms with Gasteiger partial charge in [0.15, 0.2) is 6.61 Å². The summed E-state index contributed by atoms with van der Waals surface area (Å²) in [4.78, 5) is 51.6. The fourth-order valence-corrected chi connectivity index (χ4v) is 5.16. The molecule has 1 heterocycles. The van der Waals surface area contributed by atoms with Crippen molar-refractivity contribution in [3.63, 3.8) is 0 Å². The standard InChI is InChI=1S/C25H27N3O5S/c29-22(27-25(32)26-18-8-2-3-9-18)15-33-24(31)19-10-4-6-12-21(19)34-16-23(30)28-14-13-17-7-1-5-11-20(17)28/h1,4-7,10-12,18H,2-3,8-9,13-16H2,(H2,26,27,29,32). The molecule has 0 radical (unpaired) electrons. The van der Waals surface area contributed by atoms with Crippen molar-refractivity contribution in [2.24, 2.45) is 0 Å². The zero-order valence-corrected chi connectivity index (χ0v) is 19.6. The molecule has 0 spiro atoms. The van der Waals surface area contributed by atoms with Gasteiger partial charge in [-0.3, -0.25) is 14.9 Å². The van der Waals surface area contributed by atoms with E-state index >= 15 is 0 Å². The molecular formula is C25H27N3O5S. The predicted molar refractivity (Wildman–Crippen MR) is 129 cm³/mol. The Hall–Kier alpha value is -3.33. The van der Waals surface area contributed by atoms with Crippen molar-refractivity contribution >= 4 is 41.3 Å². The maximum absolute atomic E-state index is 12.8. The number of benzene rings is 2. The largest absolute Gasteiger partial charge is 0.452 e. The molecule has 4 amide bonds. The summed E-state index contributed by atoms with van der Waals surface area (Å²) in [7, 11) is 0. The van der Waals surface area contributed by atoms with Crippen molar-refractivity contribution < 1.29 is 23.9 Å². The average Bonchev–Trinajstić information content (AvgIpc) is 3.51. The highest BCUT2D eigenvalue weighted by atomic mass is 32.2. The number of urea groups is 1. The van der Waals surface area contributed by atoms with Crippen molar-refractivity contribution in [1.29, 1.82) is 0 Å². The van der Waals surface area contributed by atoms with Crippen LogP contribution in [0.1, 0.15) is 41.6 Å². The maximum Gasteiger partial charge on any atom is 0.339 e. The second kappa shape index (κ2) is 11.2. The first-order chi connectivity index (χ1) is 16.5. The van der Waals surface area contributed by atoms with Gasteiger partial charge >= 0.3 is 12.0 Å². The number of imide groups is 1. The third-order valence-corrected chi connectivity index (χ3v) is 6.98. The van der Waals surface area contributed by atoms with Gasteiger partial charge in [0.2, 0.25) is 5.91 Å². The number of anilines is 1. The molecule has 2 aliphatic rings. The van der Waals surface area contributed by atoms with Gasteiger partial charge in [-0.25, -0.2) is 9.59 Å². The fraction of sp³-hybridized carbons (Fsp3) is 0.360. The number of ether oxygens (including phenoxy) is 1. The van der Waals surface area contributed by atoms with Crippen molar-refractivity contribution in [1.82, 2.24) is 10.6 Å². The highest BCUT2D eigenvalue weighted by Crippen LogP contribution is 2.30. The third-order valence-electron chi connectivity index (χ3n) is 5.92. The molecule has 2 aromatic rings.